The fraction of sp³-hybridized carbons (Fsp3) is 0.538. The summed E-state index contributed by atoms with van der Waals surface area (Å²) in [6.07, 6.45) is -2.82. The average molecular weight is 347 g/mol. The lowest BCUT2D eigenvalue weighted by Crippen LogP contribution is -2.29. The Balaban J connectivity index is 2.18. The third-order valence-electron chi connectivity index (χ3n) is 3.12. The van der Waals surface area contributed by atoms with E-state index in [9.17, 15) is 22.8 Å². The molecule has 2 aromatic heterocycles. The first kappa shape index (κ1) is 17.9. The number of hydrogen-bond donors (Lipinski definition) is 1. The molecule has 0 bridgehead atoms. The fourth-order valence-corrected chi connectivity index (χ4v) is 2.05. The molecule has 0 saturated heterocycles. The number of aryl methyl sites for hydroxylation is 2. The second-order valence-corrected chi connectivity index (χ2v) is 5.01. The molecular formula is C13H16F3N5O3. The normalized spacial score (nSPS) is 11.8. The van der Waals surface area contributed by atoms with Gasteiger partial charge in [0.05, 0.1) is 6.61 Å². The average Bonchev–Trinajstić information content (AvgIpc) is 2.84. The van der Waals surface area contributed by atoms with Crippen LogP contribution < -0.4 is 11.2 Å². The van der Waals surface area contributed by atoms with Gasteiger partial charge in [0.15, 0.2) is 5.82 Å². The second kappa shape index (κ2) is 7.43. The van der Waals surface area contributed by atoms with Crippen LogP contribution in [-0.2, 0) is 30.7 Å². The molecule has 0 saturated carbocycles. The fourth-order valence-electron chi connectivity index (χ4n) is 2.05. The zero-order chi connectivity index (χ0) is 17.7. The van der Waals surface area contributed by atoms with E-state index in [1.807, 2.05) is 0 Å². The first-order valence-corrected chi connectivity index (χ1v) is 7.06. The number of aromatic nitrogens is 5. The van der Waals surface area contributed by atoms with Gasteiger partial charge >= 0.3 is 11.9 Å². The number of rotatable bonds is 7. The van der Waals surface area contributed by atoms with Gasteiger partial charge in [0.1, 0.15) is 12.4 Å². The summed E-state index contributed by atoms with van der Waals surface area (Å²) in [6.45, 7) is -0.909. The van der Waals surface area contributed by atoms with Crippen molar-refractivity contribution in [3.63, 3.8) is 0 Å². The largest absolute Gasteiger partial charge is 0.408 e. The van der Waals surface area contributed by atoms with Crippen LogP contribution in [-0.4, -0.2) is 44.2 Å². The van der Waals surface area contributed by atoms with Crippen molar-refractivity contribution in [2.45, 2.75) is 32.1 Å². The number of H-pyrrole nitrogens is 1. The molecule has 132 valence electrons. The van der Waals surface area contributed by atoms with E-state index in [2.05, 4.69) is 15.1 Å². The Hall–Kier alpha value is -2.43. The van der Waals surface area contributed by atoms with E-state index in [1.165, 1.54) is 17.9 Å². The smallest absolute Gasteiger partial charge is 0.384 e. The van der Waals surface area contributed by atoms with Gasteiger partial charge in [-0.3, -0.25) is 9.78 Å². The van der Waals surface area contributed by atoms with Gasteiger partial charge in [0, 0.05) is 38.8 Å². The van der Waals surface area contributed by atoms with Gasteiger partial charge in [-0.05, 0) is 0 Å². The van der Waals surface area contributed by atoms with Crippen molar-refractivity contribution in [3.8, 4) is 0 Å². The monoisotopic (exact) mass is 347 g/mol. The number of alkyl halides is 3. The maximum absolute atomic E-state index is 12.6. The van der Waals surface area contributed by atoms with Gasteiger partial charge in [0.2, 0.25) is 0 Å². The number of methoxy groups -OCH3 is 1. The molecule has 8 nitrogen and oxygen atoms in total. The molecule has 1 N–H and O–H groups in total. The highest BCUT2D eigenvalue weighted by atomic mass is 19.4. The Morgan fingerprint density at radius 2 is 2.04 bits per heavy atom. The van der Waals surface area contributed by atoms with Crippen LogP contribution in [0.25, 0.3) is 0 Å². The Morgan fingerprint density at radius 3 is 2.67 bits per heavy atom. The highest BCUT2D eigenvalue weighted by Crippen LogP contribution is 2.18. The van der Waals surface area contributed by atoms with Crippen molar-refractivity contribution < 1.29 is 17.9 Å². The molecule has 0 radical (unpaired) electrons. The summed E-state index contributed by atoms with van der Waals surface area (Å²) >= 11 is 0. The number of nitrogens with zero attached hydrogens (tertiary/aromatic N) is 4. The van der Waals surface area contributed by atoms with Crippen molar-refractivity contribution in [1.29, 1.82) is 0 Å². The van der Waals surface area contributed by atoms with E-state index in [0.29, 0.717) is 0 Å². The lowest BCUT2D eigenvalue weighted by Gasteiger charge is -2.09. The van der Waals surface area contributed by atoms with Crippen molar-refractivity contribution in [2.24, 2.45) is 0 Å². The van der Waals surface area contributed by atoms with E-state index >= 15 is 0 Å². The highest BCUT2D eigenvalue weighted by molar-refractivity contribution is 4.95. The lowest BCUT2D eigenvalue weighted by molar-refractivity contribution is -0.143. The second-order valence-electron chi connectivity index (χ2n) is 5.01. The van der Waals surface area contributed by atoms with Crippen LogP contribution in [0, 0.1) is 0 Å². The number of aromatic amines is 1. The molecule has 0 atom stereocenters. The van der Waals surface area contributed by atoms with Crippen molar-refractivity contribution in [1.82, 2.24) is 24.3 Å². The summed E-state index contributed by atoms with van der Waals surface area (Å²) in [7, 11) is 1.47. The molecule has 0 aromatic carbocycles. The molecule has 0 amide bonds. The molecule has 24 heavy (non-hydrogen) atoms. The van der Waals surface area contributed by atoms with Crippen LogP contribution in [0.2, 0.25) is 0 Å². The van der Waals surface area contributed by atoms with Crippen molar-refractivity contribution in [2.75, 3.05) is 13.7 Å². The number of ether oxygens (including phenoxy) is 1. The molecule has 2 aromatic rings. The summed E-state index contributed by atoms with van der Waals surface area (Å²) in [5, 5.41) is 3.84. The zero-order valence-corrected chi connectivity index (χ0v) is 12.8. The van der Waals surface area contributed by atoms with E-state index < -0.39 is 24.0 Å². The molecule has 0 aliphatic carbocycles. The molecule has 0 spiro atoms. The summed E-state index contributed by atoms with van der Waals surface area (Å²) in [4.78, 5) is 28.7. The lowest BCUT2D eigenvalue weighted by atomic mass is 10.3. The van der Waals surface area contributed by atoms with Crippen LogP contribution in [0.5, 0.6) is 0 Å². The van der Waals surface area contributed by atoms with Gasteiger partial charge in [-0.1, -0.05) is 0 Å². The molecule has 0 aliphatic heterocycles. The maximum Gasteiger partial charge on any atom is 0.408 e. The molecular weight excluding hydrogens is 331 g/mol. The molecule has 0 aliphatic rings. The molecule has 0 unspecified atom stereocenters. The summed E-state index contributed by atoms with van der Waals surface area (Å²) < 4.78 is 44.8. The Labute approximate surface area is 133 Å². The molecule has 2 rings (SSSR count). The molecule has 2 heterocycles. The summed E-state index contributed by atoms with van der Waals surface area (Å²) in [5.74, 6) is 0.349. The van der Waals surface area contributed by atoms with E-state index in [1.54, 1.807) is 0 Å². The quantitative estimate of drug-likeness (QED) is 0.768. The van der Waals surface area contributed by atoms with Gasteiger partial charge < -0.3 is 9.30 Å². The number of halogens is 3. The first-order chi connectivity index (χ1) is 11.3. The van der Waals surface area contributed by atoms with Crippen molar-refractivity contribution in [3.05, 3.63) is 44.8 Å². The summed E-state index contributed by atoms with van der Waals surface area (Å²) in [6, 6.07) is 1.16. The maximum atomic E-state index is 12.6. The Kier molecular flexibility index (Phi) is 5.54. The van der Waals surface area contributed by atoms with Crippen LogP contribution in [0.1, 0.15) is 11.6 Å². The third-order valence-corrected chi connectivity index (χ3v) is 3.12. The van der Waals surface area contributed by atoms with Gasteiger partial charge in [-0.15, -0.1) is 0 Å². The van der Waals surface area contributed by atoms with Crippen LogP contribution in [0.4, 0.5) is 13.2 Å². The Morgan fingerprint density at radius 1 is 1.29 bits per heavy atom. The van der Waals surface area contributed by atoms with Crippen LogP contribution in [0.15, 0.2) is 21.9 Å². The minimum atomic E-state index is -4.43. The minimum absolute atomic E-state index is 0.0576. The van der Waals surface area contributed by atoms with E-state index in [-0.39, 0.29) is 37.6 Å². The zero-order valence-electron chi connectivity index (χ0n) is 12.8. The highest BCUT2D eigenvalue weighted by Gasteiger charge is 2.30. The van der Waals surface area contributed by atoms with Crippen LogP contribution in [0.3, 0.4) is 0 Å². The number of nitrogens with one attached hydrogen (secondary N) is 1. The molecule has 11 heteroatoms. The first-order valence-electron chi connectivity index (χ1n) is 7.06. The van der Waals surface area contributed by atoms with E-state index in [4.69, 9.17) is 4.74 Å². The predicted octanol–water partition coefficient (Wildman–Crippen LogP) is 0.122. The van der Waals surface area contributed by atoms with Crippen LogP contribution >= 0.6 is 0 Å². The minimum Gasteiger partial charge on any atom is -0.384 e. The van der Waals surface area contributed by atoms with Gasteiger partial charge in [-0.2, -0.15) is 18.3 Å². The number of hydrogen-bond acceptors (Lipinski definition) is 5. The van der Waals surface area contributed by atoms with Crippen molar-refractivity contribution >= 4 is 0 Å². The SMILES string of the molecule is COCCc1nc(CCn2ccc(=O)[nH]c2=O)n(CC(F)(F)F)n1. The topological polar surface area (TPSA) is 94.8 Å². The van der Waals surface area contributed by atoms with Gasteiger partial charge in [0.25, 0.3) is 5.56 Å². The van der Waals surface area contributed by atoms with E-state index in [0.717, 1.165) is 10.7 Å². The predicted molar refractivity (Wildman–Crippen MR) is 76.7 cm³/mol. The van der Waals surface area contributed by atoms with Gasteiger partial charge in [-0.25, -0.2) is 14.5 Å². The Bertz CT molecular complexity index is 793. The third kappa shape index (κ3) is 5.05. The summed E-state index contributed by atoms with van der Waals surface area (Å²) in [5.41, 5.74) is -1.18. The molecule has 0 fully saturated rings. The standard InChI is InChI=1S/C13H16F3N5O3/c1-24-7-4-9-17-10(21(19-9)8-13(14,15)16)2-5-20-6-3-11(22)18-12(20)23/h3,6H,2,4-5,7-8H2,1H3,(H,18,22,23).